The maximum atomic E-state index is 12.6. The van der Waals surface area contributed by atoms with Crippen molar-refractivity contribution in [3.63, 3.8) is 0 Å². The quantitative estimate of drug-likeness (QED) is 0.569. The minimum Gasteiger partial charge on any atom is -0.482 e. The van der Waals surface area contributed by atoms with Crippen molar-refractivity contribution in [3.05, 3.63) is 49.9 Å². The lowest BCUT2D eigenvalue weighted by atomic mass is 10.2. The number of ether oxygens (including phenoxy) is 1. The highest BCUT2D eigenvalue weighted by molar-refractivity contribution is 9.11. The Bertz CT molecular complexity index is 940. The number of hydrogen-bond donors (Lipinski definition) is 1. The molecular formula is C21H22Br2ClN3O3. The summed E-state index contributed by atoms with van der Waals surface area (Å²) in [6.45, 7) is 5.88. The molecule has 1 aliphatic rings. The summed E-state index contributed by atoms with van der Waals surface area (Å²) >= 11 is 13.4. The van der Waals surface area contributed by atoms with Gasteiger partial charge in [0.25, 0.3) is 5.91 Å². The minimum absolute atomic E-state index is 0.0638. The van der Waals surface area contributed by atoms with Gasteiger partial charge < -0.3 is 19.9 Å². The predicted molar refractivity (Wildman–Crippen MR) is 127 cm³/mol. The summed E-state index contributed by atoms with van der Waals surface area (Å²) in [5, 5.41) is 3.46. The van der Waals surface area contributed by atoms with E-state index in [4.69, 9.17) is 16.3 Å². The average Bonchev–Trinajstić information content (AvgIpc) is 2.67. The summed E-state index contributed by atoms with van der Waals surface area (Å²) in [5.74, 6) is 0.406. The number of hydrogen-bond acceptors (Lipinski definition) is 4. The molecule has 1 N–H and O–H groups in total. The largest absolute Gasteiger partial charge is 0.482 e. The first-order valence-corrected chi connectivity index (χ1v) is 11.4. The van der Waals surface area contributed by atoms with Crippen molar-refractivity contribution in [2.24, 2.45) is 0 Å². The topological polar surface area (TPSA) is 61.9 Å². The SMILES string of the molecule is CC(=O)N1CCN(c2c(Cl)cccc2NC(=O)COc2c(C)cc(Br)cc2Br)CC1. The fraction of sp³-hybridized carbons (Fsp3) is 0.333. The fourth-order valence-corrected chi connectivity index (χ4v) is 5.23. The Morgan fingerprint density at radius 1 is 1.17 bits per heavy atom. The van der Waals surface area contributed by atoms with Crippen molar-refractivity contribution in [3.8, 4) is 5.75 Å². The molecule has 0 radical (unpaired) electrons. The number of amides is 2. The highest BCUT2D eigenvalue weighted by atomic mass is 79.9. The van der Waals surface area contributed by atoms with Crippen LogP contribution in [0.2, 0.25) is 5.02 Å². The molecule has 1 saturated heterocycles. The molecule has 0 atom stereocenters. The molecule has 9 heteroatoms. The molecule has 1 fully saturated rings. The molecule has 0 unspecified atom stereocenters. The van der Waals surface area contributed by atoms with Crippen LogP contribution in [0, 0.1) is 6.92 Å². The van der Waals surface area contributed by atoms with E-state index in [-0.39, 0.29) is 18.4 Å². The van der Waals surface area contributed by atoms with Gasteiger partial charge >= 0.3 is 0 Å². The number of nitrogens with one attached hydrogen (secondary N) is 1. The van der Waals surface area contributed by atoms with Gasteiger partial charge in [0.15, 0.2) is 6.61 Å². The second kappa shape index (κ2) is 10.0. The molecule has 160 valence electrons. The maximum absolute atomic E-state index is 12.6. The van der Waals surface area contributed by atoms with Crippen molar-refractivity contribution in [2.45, 2.75) is 13.8 Å². The fourth-order valence-electron chi connectivity index (χ4n) is 3.38. The van der Waals surface area contributed by atoms with Crippen molar-refractivity contribution in [2.75, 3.05) is 43.0 Å². The van der Waals surface area contributed by atoms with Gasteiger partial charge in [0.05, 0.1) is 20.9 Å². The predicted octanol–water partition coefficient (Wildman–Crippen LogP) is 4.86. The standard InChI is InChI=1S/C21H22Br2ClN3O3/c1-13-10-15(22)11-16(23)21(13)30-12-19(29)25-18-5-3-4-17(24)20(18)27-8-6-26(7-9-27)14(2)28/h3-5,10-11H,6-9,12H2,1-2H3,(H,25,29). The molecule has 2 aromatic rings. The highest BCUT2D eigenvalue weighted by Gasteiger charge is 2.23. The van der Waals surface area contributed by atoms with Crippen LogP contribution in [0.3, 0.4) is 0 Å². The van der Waals surface area contributed by atoms with E-state index in [1.807, 2.05) is 25.1 Å². The Labute approximate surface area is 197 Å². The molecule has 0 bridgehead atoms. The van der Waals surface area contributed by atoms with E-state index >= 15 is 0 Å². The van der Waals surface area contributed by atoms with Gasteiger partial charge in [-0.05, 0) is 52.7 Å². The second-order valence-electron chi connectivity index (χ2n) is 7.00. The summed E-state index contributed by atoms with van der Waals surface area (Å²) in [6.07, 6.45) is 0. The van der Waals surface area contributed by atoms with Crippen LogP contribution in [0.5, 0.6) is 5.75 Å². The maximum Gasteiger partial charge on any atom is 0.262 e. The smallest absolute Gasteiger partial charge is 0.262 e. The Balaban J connectivity index is 1.69. The van der Waals surface area contributed by atoms with E-state index in [0.29, 0.717) is 42.6 Å². The molecule has 30 heavy (non-hydrogen) atoms. The molecule has 0 spiro atoms. The van der Waals surface area contributed by atoms with Gasteiger partial charge in [-0.25, -0.2) is 0 Å². The zero-order chi connectivity index (χ0) is 21.8. The van der Waals surface area contributed by atoms with Crippen LogP contribution < -0.4 is 15.0 Å². The summed E-state index contributed by atoms with van der Waals surface area (Å²) in [5.41, 5.74) is 2.30. The second-order valence-corrected chi connectivity index (χ2v) is 9.18. The normalized spacial score (nSPS) is 13.9. The van der Waals surface area contributed by atoms with Gasteiger partial charge in [0.1, 0.15) is 5.75 Å². The minimum atomic E-state index is -0.282. The number of halogens is 3. The third-order valence-corrected chi connectivity index (χ3v) is 6.20. The molecule has 1 aliphatic heterocycles. The van der Waals surface area contributed by atoms with Gasteiger partial charge in [-0.2, -0.15) is 0 Å². The first-order valence-electron chi connectivity index (χ1n) is 9.43. The number of para-hydroxylation sites is 1. The number of nitrogens with zero attached hydrogens (tertiary/aromatic N) is 2. The van der Waals surface area contributed by atoms with Gasteiger partial charge in [-0.3, -0.25) is 9.59 Å². The summed E-state index contributed by atoms with van der Waals surface area (Å²) in [6, 6.07) is 9.20. The van der Waals surface area contributed by atoms with Crippen molar-refractivity contribution in [1.82, 2.24) is 4.90 Å². The van der Waals surface area contributed by atoms with E-state index < -0.39 is 0 Å². The molecule has 2 amide bonds. The van der Waals surface area contributed by atoms with Gasteiger partial charge in [0, 0.05) is 37.6 Å². The van der Waals surface area contributed by atoms with Crippen LogP contribution in [0.15, 0.2) is 39.3 Å². The molecule has 1 heterocycles. The molecule has 3 rings (SSSR count). The first-order chi connectivity index (χ1) is 14.3. The third kappa shape index (κ3) is 5.47. The van der Waals surface area contributed by atoms with E-state index in [1.165, 1.54) is 0 Å². The highest BCUT2D eigenvalue weighted by Crippen LogP contribution is 2.35. The van der Waals surface area contributed by atoms with E-state index in [0.717, 1.165) is 20.2 Å². The van der Waals surface area contributed by atoms with Gasteiger partial charge in [-0.15, -0.1) is 0 Å². The lowest BCUT2D eigenvalue weighted by molar-refractivity contribution is -0.129. The number of carbonyl (C=O) groups excluding carboxylic acids is 2. The van der Waals surface area contributed by atoms with Crippen molar-refractivity contribution < 1.29 is 14.3 Å². The first kappa shape index (κ1) is 22.9. The molecule has 0 saturated carbocycles. The van der Waals surface area contributed by atoms with Crippen molar-refractivity contribution >= 4 is 66.6 Å². The molecule has 0 aliphatic carbocycles. The molecule has 0 aromatic heterocycles. The van der Waals surface area contributed by atoms with Crippen LogP contribution in [-0.4, -0.2) is 49.5 Å². The van der Waals surface area contributed by atoms with E-state index in [1.54, 1.807) is 24.0 Å². The van der Waals surface area contributed by atoms with Crippen molar-refractivity contribution in [1.29, 1.82) is 0 Å². The lowest BCUT2D eigenvalue weighted by Gasteiger charge is -2.36. The van der Waals surface area contributed by atoms with Crippen LogP contribution in [0.25, 0.3) is 0 Å². The number of rotatable bonds is 5. The van der Waals surface area contributed by atoms with Crippen LogP contribution in [0.1, 0.15) is 12.5 Å². The summed E-state index contributed by atoms with van der Waals surface area (Å²) < 4.78 is 7.44. The zero-order valence-electron chi connectivity index (χ0n) is 16.7. The number of aryl methyl sites for hydroxylation is 1. The number of anilines is 2. The Hall–Kier alpha value is -1.77. The molecule has 6 nitrogen and oxygen atoms in total. The summed E-state index contributed by atoms with van der Waals surface area (Å²) in [7, 11) is 0. The molecular weight excluding hydrogens is 538 g/mol. The average molecular weight is 560 g/mol. The lowest BCUT2D eigenvalue weighted by Crippen LogP contribution is -2.48. The Morgan fingerprint density at radius 3 is 2.50 bits per heavy atom. The zero-order valence-corrected chi connectivity index (χ0v) is 20.6. The van der Waals surface area contributed by atoms with E-state index in [2.05, 4.69) is 42.1 Å². The Kier molecular flexibility index (Phi) is 7.65. The number of piperazine rings is 1. The van der Waals surface area contributed by atoms with Crippen LogP contribution in [-0.2, 0) is 9.59 Å². The number of carbonyl (C=O) groups is 2. The van der Waals surface area contributed by atoms with Gasteiger partial charge in [-0.1, -0.05) is 33.6 Å². The Morgan fingerprint density at radius 2 is 1.87 bits per heavy atom. The third-order valence-electron chi connectivity index (χ3n) is 4.84. The van der Waals surface area contributed by atoms with Gasteiger partial charge in [0.2, 0.25) is 5.91 Å². The summed E-state index contributed by atoms with van der Waals surface area (Å²) in [4.78, 5) is 28.1. The molecule has 2 aromatic carbocycles. The van der Waals surface area contributed by atoms with E-state index in [9.17, 15) is 9.59 Å². The number of benzene rings is 2. The van der Waals surface area contributed by atoms with Crippen LogP contribution >= 0.6 is 43.5 Å². The van der Waals surface area contributed by atoms with Crippen LogP contribution in [0.4, 0.5) is 11.4 Å². The monoisotopic (exact) mass is 557 g/mol.